The number of hydrogen-bond acceptors (Lipinski definition) is 6. The average Bonchev–Trinajstić information content (AvgIpc) is 3.27. The van der Waals surface area contributed by atoms with Crippen LogP contribution in [0.25, 0.3) is 21.9 Å². The predicted octanol–water partition coefficient (Wildman–Crippen LogP) is 3.35. The summed E-state index contributed by atoms with van der Waals surface area (Å²) in [6.07, 6.45) is 2.34. The normalized spacial score (nSPS) is 13.5. The number of aromatic nitrogens is 3. The van der Waals surface area contributed by atoms with Gasteiger partial charge in [0.1, 0.15) is 17.9 Å². The van der Waals surface area contributed by atoms with E-state index < -0.39 is 11.8 Å². The van der Waals surface area contributed by atoms with Crippen LogP contribution in [0.4, 0.5) is 0 Å². The molecule has 0 atom stereocenters. The number of benzene rings is 2. The number of para-hydroxylation sites is 1. The lowest BCUT2D eigenvalue weighted by Gasteiger charge is -2.14. The number of carbonyl (C=O) groups is 2. The first-order valence-corrected chi connectivity index (χ1v) is 10.0. The van der Waals surface area contributed by atoms with Gasteiger partial charge >= 0.3 is 0 Å². The maximum absolute atomic E-state index is 12.4. The molecule has 3 heterocycles. The van der Waals surface area contributed by atoms with Gasteiger partial charge in [0.15, 0.2) is 0 Å². The Morgan fingerprint density at radius 3 is 2.39 bits per heavy atom. The van der Waals surface area contributed by atoms with Crippen LogP contribution in [0, 0.1) is 0 Å². The molecule has 31 heavy (non-hydrogen) atoms. The summed E-state index contributed by atoms with van der Waals surface area (Å²) in [5.74, 6) is -0.0620. The van der Waals surface area contributed by atoms with Crippen LogP contribution in [-0.2, 0) is 22.7 Å². The van der Waals surface area contributed by atoms with E-state index in [2.05, 4.69) is 14.5 Å². The lowest BCUT2D eigenvalue weighted by molar-refractivity contribution is -0.0925. The van der Waals surface area contributed by atoms with Gasteiger partial charge in [-0.25, -0.2) is 4.98 Å². The first-order chi connectivity index (χ1) is 15.2. The smallest absolute Gasteiger partial charge is 0.285 e. The van der Waals surface area contributed by atoms with E-state index in [9.17, 15) is 9.59 Å². The second-order valence-electron chi connectivity index (χ2n) is 7.26. The van der Waals surface area contributed by atoms with E-state index in [1.165, 1.54) is 0 Å². The fourth-order valence-corrected chi connectivity index (χ4v) is 3.95. The van der Waals surface area contributed by atoms with Gasteiger partial charge in [-0.15, -0.1) is 5.06 Å². The van der Waals surface area contributed by atoms with Crippen LogP contribution in [0.1, 0.15) is 33.0 Å². The largest absolute Gasteiger partial charge is 0.377 e. The number of rotatable bonds is 7. The topological polar surface area (TPSA) is 86.6 Å². The van der Waals surface area contributed by atoms with Gasteiger partial charge in [0, 0.05) is 19.0 Å². The van der Waals surface area contributed by atoms with Crippen molar-refractivity contribution in [2.24, 2.45) is 0 Å². The van der Waals surface area contributed by atoms with Crippen molar-refractivity contribution in [2.45, 2.75) is 19.6 Å². The number of methoxy groups -OCH3 is 1. The molecule has 0 aliphatic carbocycles. The average molecular weight is 416 g/mol. The number of aryl methyl sites for hydroxylation is 1. The molecule has 2 aromatic carbocycles. The van der Waals surface area contributed by atoms with Crippen LogP contribution in [0.15, 0.2) is 54.7 Å². The lowest BCUT2D eigenvalue weighted by Crippen LogP contribution is -2.30. The third kappa shape index (κ3) is 3.26. The summed E-state index contributed by atoms with van der Waals surface area (Å²) in [7, 11) is 1.63. The zero-order valence-electron chi connectivity index (χ0n) is 16.9. The molecular weight excluding hydrogens is 396 g/mol. The fourth-order valence-electron chi connectivity index (χ4n) is 3.95. The molecule has 0 saturated carbocycles. The SMILES string of the molecule is COCc1nc2cnc3ccccc3c2n1CCCON1C(=O)c2ccccc2C1=O. The Kier molecular flexibility index (Phi) is 4.93. The number of hydrogen-bond donors (Lipinski definition) is 0. The van der Waals surface area contributed by atoms with Crippen LogP contribution in [-0.4, -0.2) is 45.1 Å². The molecule has 2 amide bonds. The number of ether oxygens (including phenoxy) is 1. The Hall–Kier alpha value is -3.62. The highest BCUT2D eigenvalue weighted by molar-refractivity contribution is 6.20. The van der Waals surface area contributed by atoms with Crippen LogP contribution in [0.2, 0.25) is 0 Å². The zero-order valence-corrected chi connectivity index (χ0v) is 16.9. The number of nitrogens with zero attached hydrogens (tertiary/aromatic N) is 4. The van der Waals surface area contributed by atoms with Crippen molar-refractivity contribution >= 4 is 33.8 Å². The van der Waals surface area contributed by atoms with Crippen molar-refractivity contribution in [1.82, 2.24) is 19.6 Å². The Morgan fingerprint density at radius 1 is 0.935 bits per heavy atom. The molecule has 0 bridgehead atoms. The highest BCUT2D eigenvalue weighted by Gasteiger charge is 2.36. The van der Waals surface area contributed by atoms with Crippen molar-refractivity contribution in [3.8, 4) is 0 Å². The van der Waals surface area contributed by atoms with Crippen molar-refractivity contribution in [2.75, 3.05) is 13.7 Å². The standard InChI is InChI=1S/C23H20N4O4/c1-30-14-20-25-19-13-24-18-10-5-4-9-17(18)21(19)26(20)11-6-12-31-27-22(28)15-7-2-3-8-16(15)23(27)29/h2-5,7-10,13H,6,11-12,14H2,1H3. The van der Waals surface area contributed by atoms with Crippen LogP contribution in [0.3, 0.4) is 0 Å². The monoisotopic (exact) mass is 416 g/mol. The third-order valence-corrected chi connectivity index (χ3v) is 5.34. The molecule has 1 aliphatic heterocycles. The van der Waals surface area contributed by atoms with Gasteiger partial charge < -0.3 is 9.30 Å². The van der Waals surface area contributed by atoms with Crippen LogP contribution in [0.5, 0.6) is 0 Å². The first-order valence-electron chi connectivity index (χ1n) is 10.0. The Labute approximate surface area is 178 Å². The number of amides is 2. The van der Waals surface area contributed by atoms with Gasteiger partial charge in [-0.2, -0.15) is 0 Å². The molecule has 2 aromatic heterocycles. The Morgan fingerprint density at radius 2 is 1.65 bits per heavy atom. The highest BCUT2D eigenvalue weighted by Crippen LogP contribution is 2.26. The lowest BCUT2D eigenvalue weighted by atomic mass is 10.1. The minimum Gasteiger partial charge on any atom is -0.377 e. The van der Waals surface area contributed by atoms with Crippen molar-refractivity contribution in [1.29, 1.82) is 0 Å². The molecule has 0 spiro atoms. The van der Waals surface area contributed by atoms with E-state index in [0.717, 1.165) is 32.8 Å². The number of carbonyl (C=O) groups excluding carboxylic acids is 2. The molecule has 5 rings (SSSR count). The van der Waals surface area contributed by atoms with E-state index in [1.54, 1.807) is 37.6 Å². The maximum atomic E-state index is 12.4. The molecule has 8 nitrogen and oxygen atoms in total. The fraction of sp³-hybridized carbons (Fsp3) is 0.217. The van der Waals surface area contributed by atoms with E-state index in [4.69, 9.17) is 9.57 Å². The summed E-state index contributed by atoms with van der Waals surface area (Å²) < 4.78 is 7.42. The molecule has 1 aliphatic rings. The third-order valence-electron chi connectivity index (χ3n) is 5.34. The molecule has 0 fully saturated rings. The number of fused-ring (bicyclic) bond motifs is 4. The number of imide groups is 1. The summed E-state index contributed by atoms with van der Waals surface area (Å²) >= 11 is 0. The van der Waals surface area contributed by atoms with Crippen LogP contribution >= 0.6 is 0 Å². The maximum Gasteiger partial charge on any atom is 0.285 e. The Balaban J connectivity index is 1.35. The summed E-state index contributed by atoms with van der Waals surface area (Å²) in [4.78, 5) is 39.6. The van der Waals surface area contributed by atoms with Gasteiger partial charge in [-0.3, -0.25) is 19.4 Å². The van der Waals surface area contributed by atoms with E-state index in [0.29, 0.717) is 30.7 Å². The van der Waals surface area contributed by atoms with Gasteiger partial charge in [0.25, 0.3) is 11.8 Å². The minimum absolute atomic E-state index is 0.209. The van der Waals surface area contributed by atoms with E-state index in [1.807, 2.05) is 24.3 Å². The molecule has 0 saturated heterocycles. The second-order valence-corrected chi connectivity index (χ2v) is 7.26. The van der Waals surface area contributed by atoms with Crippen molar-refractivity contribution < 1.29 is 19.2 Å². The first kappa shape index (κ1) is 19.3. The second kappa shape index (κ2) is 7.90. The van der Waals surface area contributed by atoms with E-state index in [-0.39, 0.29) is 6.61 Å². The molecule has 4 aromatic rings. The van der Waals surface area contributed by atoms with Crippen molar-refractivity contribution in [3.63, 3.8) is 0 Å². The summed E-state index contributed by atoms with van der Waals surface area (Å²) in [6, 6.07) is 14.6. The molecule has 8 heteroatoms. The number of imidazole rings is 1. The molecule has 0 radical (unpaired) electrons. The van der Waals surface area contributed by atoms with Gasteiger partial charge in [-0.05, 0) is 24.6 Å². The molecule has 156 valence electrons. The highest BCUT2D eigenvalue weighted by atomic mass is 16.7. The summed E-state index contributed by atoms with van der Waals surface area (Å²) in [6.45, 7) is 1.16. The molecular formula is C23H20N4O4. The summed E-state index contributed by atoms with van der Waals surface area (Å²) in [5.41, 5.74) is 3.41. The molecule has 0 unspecified atom stereocenters. The van der Waals surface area contributed by atoms with Gasteiger partial charge in [0.05, 0.1) is 35.0 Å². The number of hydroxylamine groups is 2. The van der Waals surface area contributed by atoms with Gasteiger partial charge in [-0.1, -0.05) is 30.3 Å². The Bertz CT molecular complexity index is 1280. The van der Waals surface area contributed by atoms with Gasteiger partial charge in [0.2, 0.25) is 0 Å². The van der Waals surface area contributed by atoms with E-state index >= 15 is 0 Å². The number of pyridine rings is 1. The zero-order chi connectivity index (χ0) is 21.4. The summed E-state index contributed by atoms with van der Waals surface area (Å²) in [5, 5.41) is 1.86. The van der Waals surface area contributed by atoms with Crippen molar-refractivity contribution in [3.05, 3.63) is 71.7 Å². The quantitative estimate of drug-likeness (QED) is 0.339. The van der Waals surface area contributed by atoms with Crippen LogP contribution < -0.4 is 0 Å². The molecule has 0 N–H and O–H groups in total. The minimum atomic E-state index is -0.425. The predicted molar refractivity (Wildman–Crippen MR) is 113 cm³/mol.